The lowest BCUT2D eigenvalue weighted by Gasteiger charge is -2.24. The number of hydrogen-bond donors (Lipinski definition) is 1. The van der Waals surface area contributed by atoms with Crippen molar-refractivity contribution in [1.29, 1.82) is 0 Å². The highest BCUT2D eigenvalue weighted by Gasteiger charge is 2.29. The fraction of sp³-hybridized carbons (Fsp3) is 0.688. The Balaban J connectivity index is 1.74. The number of hydrogen-bond acceptors (Lipinski definition) is 4. The summed E-state index contributed by atoms with van der Waals surface area (Å²) in [4.78, 5) is 13.8. The summed E-state index contributed by atoms with van der Waals surface area (Å²) in [5.41, 5.74) is -0.429. The zero-order valence-corrected chi connectivity index (χ0v) is 13.4. The molecule has 1 aromatic rings. The first-order chi connectivity index (χ1) is 9.85. The SMILES string of the molecule is C[C@H](NC[C@@H]1CCN(C(=O)OC(C)(C)C)C1)c1ccco1. The first kappa shape index (κ1) is 15.9. The van der Waals surface area contributed by atoms with Crippen LogP contribution in [0.4, 0.5) is 4.79 Å². The number of likely N-dealkylation sites (tertiary alicyclic amines) is 1. The zero-order valence-electron chi connectivity index (χ0n) is 13.4. The predicted octanol–water partition coefficient (Wildman–Crippen LogP) is 3.19. The molecular formula is C16H26N2O3. The second-order valence-corrected chi connectivity index (χ2v) is 6.73. The molecule has 1 aromatic heterocycles. The van der Waals surface area contributed by atoms with E-state index in [4.69, 9.17) is 9.15 Å². The van der Waals surface area contributed by atoms with E-state index < -0.39 is 5.60 Å². The predicted molar refractivity (Wildman–Crippen MR) is 81.0 cm³/mol. The van der Waals surface area contributed by atoms with Gasteiger partial charge in [-0.3, -0.25) is 0 Å². The van der Waals surface area contributed by atoms with Crippen LogP contribution in [0.1, 0.15) is 45.9 Å². The van der Waals surface area contributed by atoms with E-state index in [1.807, 2.05) is 32.9 Å². The Labute approximate surface area is 126 Å². The number of carbonyl (C=O) groups excluding carboxylic acids is 1. The lowest BCUT2D eigenvalue weighted by molar-refractivity contribution is 0.0288. The third-order valence-electron chi connectivity index (χ3n) is 3.62. The van der Waals surface area contributed by atoms with Crippen LogP contribution in [0.3, 0.4) is 0 Å². The maximum atomic E-state index is 12.0. The summed E-state index contributed by atoms with van der Waals surface area (Å²) in [6.45, 7) is 10.2. The molecule has 0 aliphatic carbocycles. The number of furan rings is 1. The fourth-order valence-electron chi connectivity index (χ4n) is 2.47. The highest BCUT2D eigenvalue weighted by atomic mass is 16.6. The molecule has 0 spiro atoms. The van der Waals surface area contributed by atoms with E-state index in [2.05, 4.69) is 12.2 Å². The summed E-state index contributed by atoms with van der Waals surface area (Å²) in [6.07, 6.45) is 2.49. The molecular weight excluding hydrogens is 268 g/mol. The summed E-state index contributed by atoms with van der Waals surface area (Å²) >= 11 is 0. The Bertz CT molecular complexity index is 451. The van der Waals surface area contributed by atoms with Gasteiger partial charge in [0, 0.05) is 19.6 Å². The zero-order chi connectivity index (χ0) is 15.5. The van der Waals surface area contributed by atoms with E-state index >= 15 is 0 Å². The average Bonchev–Trinajstić information content (AvgIpc) is 3.05. The number of nitrogens with zero attached hydrogens (tertiary/aromatic N) is 1. The van der Waals surface area contributed by atoms with Crippen molar-refractivity contribution in [3.63, 3.8) is 0 Å². The number of carbonyl (C=O) groups is 1. The van der Waals surface area contributed by atoms with Crippen molar-refractivity contribution in [2.24, 2.45) is 5.92 Å². The van der Waals surface area contributed by atoms with Gasteiger partial charge in [0.05, 0.1) is 12.3 Å². The summed E-state index contributed by atoms with van der Waals surface area (Å²) in [5, 5.41) is 3.46. The lowest BCUT2D eigenvalue weighted by atomic mass is 10.1. The van der Waals surface area contributed by atoms with Gasteiger partial charge >= 0.3 is 6.09 Å². The number of ether oxygens (including phenoxy) is 1. The van der Waals surface area contributed by atoms with Crippen LogP contribution >= 0.6 is 0 Å². The largest absolute Gasteiger partial charge is 0.468 e. The quantitative estimate of drug-likeness (QED) is 0.926. The van der Waals surface area contributed by atoms with Gasteiger partial charge in [-0.25, -0.2) is 4.79 Å². The maximum absolute atomic E-state index is 12.0. The van der Waals surface area contributed by atoms with Gasteiger partial charge in [-0.2, -0.15) is 0 Å². The van der Waals surface area contributed by atoms with Crippen LogP contribution in [-0.2, 0) is 4.74 Å². The molecule has 1 saturated heterocycles. The van der Waals surface area contributed by atoms with Crippen molar-refractivity contribution in [2.75, 3.05) is 19.6 Å². The van der Waals surface area contributed by atoms with Gasteiger partial charge < -0.3 is 19.4 Å². The molecule has 1 fully saturated rings. The molecule has 0 saturated carbocycles. The van der Waals surface area contributed by atoms with Crippen LogP contribution < -0.4 is 5.32 Å². The van der Waals surface area contributed by atoms with Gasteiger partial charge in [-0.1, -0.05) is 0 Å². The Morgan fingerprint density at radius 3 is 2.95 bits per heavy atom. The third-order valence-corrected chi connectivity index (χ3v) is 3.62. The van der Waals surface area contributed by atoms with E-state index in [1.54, 1.807) is 11.2 Å². The van der Waals surface area contributed by atoms with Crippen LogP contribution in [0.2, 0.25) is 0 Å². The summed E-state index contributed by atoms with van der Waals surface area (Å²) < 4.78 is 10.8. The molecule has 118 valence electrons. The number of amides is 1. The van der Waals surface area contributed by atoms with Crippen molar-refractivity contribution in [3.05, 3.63) is 24.2 Å². The second-order valence-electron chi connectivity index (χ2n) is 6.73. The van der Waals surface area contributed by atoms with Gasteiger partial charge in [0.2, 0.25) is 0 Å². The van der Waals surface area contributed by atoms with Crippen molar-refractivity contribution >= 4 is 6.09 Å². The topological polar surface area (TPSA) is 54.7 Å². The standard InChI is InChI=1S/C16H26N2O3/c1-12(14-6-5-9-20-14)17-10-13-7-8-18(11-13)15(19)21-16(2,3)4/h5-6,9,12-13,17H,7-8,10-11H2,1-4H3/t12-,13-/m0/s1. The normalized spacial score (nSPS) is 20.6. The third kappa shape index (κ3) is 4.77. The highest BCUT2D eigenvalue weighted by Crippen LogP contribution is 2.20. The molecule has 0 radical (unpaired) electrons. The van der Waals surface area contributed by atoms with E-state index in [9.17, 15) is 4.79 Å². The fourth-order valence-corrected chi connectivity index (χ4v) is 2.47. The van der Waals surface area contributed by atoms with Crippen molar-refractivity contribution in [3.8, 4) is 0 Å². The monoisotopic (exact) mass is 294 g/mol. The molecule has 5 heteroatoms. The van der Waals surface area contributed by atoms with Crippen molar-refractivity contribution in [1.82, 2.24) is 10.2 Å². The van der Waals surface area contributed by atoms with Gasteiger partial charge in [0.15, 0.2) is 0 Å². The minimum Gasteiger partial charge on any atom is -0.468 e. The summed E-state index contributed by atoms with van der Waals surface area (Å²) in [7, 11) is 0. The lowest BCUT2D eigenvalue weighted by Crippen LogP contribution is -2.36. The molecule has 1 aliphatic rings. The molecule has 2 rings (SSSR count). The average molecular weight is 294 g/mol. The molecule has 21 heavy (non-hydrogen) atoms. The van der Waals surface area contributed by atoms with Gasteiger partial charge in [-0.05, 0) is 52.2 Å². The minimum absolute atomic E-state index is 0.190. The first-order valence-electron chi connectivity index (χ1n) is 7.60. The molecule has 0 unspecified atom stereocenters. The molecule has 5 nitrogen and oxygen atoms in total. The Kier molecular flexibility index (Phi) is 4.93. The Morgan fingerprint density at radius 1 is 1.57 bits per heavy atom. The molecule has 1 amide bonds. The molecule has 0 aromatic carbocycles. The van der Waals surface area contributed by atoms with Crippen LogP contribution in [0.15, 0.2) is 22.8 Å². The molecule has 0 bridgehead atoms. The molecule has 2 atom stereocenters. The summed E-state index contributed by atoms with van der Waals surface area (Å²) in [5.74, 6) is 1.41. The van der Waals surface area contributed by atoms with E-state index in [0.29, 0.717) is 5.92 Å². The summed E-state index contributed by atoms with van der Waals surface area (Å²) in [6, 6.07) is 4.06. The maximum Gasteiger partial charge on any atom is 0.410 e. The highest BCUT2D eigenvalue weighted by molar-refractivity contribution is 5.68. The number of nitrogens with one attached hydrogen (secondary N) is 1. The number of rotatable bonds is 4. The van der Waals surface area contributed by atoms with Crippen LogP contribution in [0, 0.1) is 5.92 Å². The molecule has 2 heterocycles. The molecule has 1 aliphatic heterocycles. The van der Waals surface area contributed by atoms with E-state index in [1.165, 1.54) is 0 Å². The Hall–Kier alpha value is -1.49. The van der Waals surface area contributed by atoms with Crippen LogP contribution in [0.25, 0.3) is 0 Å². The van der Waals surface area contributed by atoms with Crippen LogP contribution in [-0.4, -0.2) is 36.2 Å². The molecule has 1 N–H and O–H groups in total. The van der Waals surface area contributed by atoms with Gasteiger partial charge in [0.25, 0.3) is 0 Å². The van der Waals surface area contributed by atoms with Gasteiger partial charge in [-0.15, -0.1) is 0 Å². The smallest absolute Gasteiger partial charge is 0.410 e. The van der Waals surface area contributed by atoms with E-state index in [0.717, 1.165) is 31.8 Å². The van der Waals surface area contributed by atoms with Gasteiger partial charge in [0.1, 0.15) is 11.4 Å². The van der Waals surface area contributed by atoms with Crippen molar-refractivity contribution in [2.45, 2.75) is 45.8 Å². The van der Waals surface area contributed by atoms with E-state index in [-0.39, 0.29) is 12.1 Å². The second kappa shape index (κ2) is 6.52. The van der Waals surface area contributed by atoms with Crippen LogP contribution in [0.5, 0.6) is 0 Å². The Morgan fingerprint density at radius 2 is 2.33 bits per heavy atom. The first-order valence-corrected chi connectivity index (χ1v) is 7.60. The van der Waals surface area contributed by atoms with Crippen molar-refractivity contribution < 1.29 is 13.9 Å². The minimum atomic E-state index is -0.429.